The van der Waals surface area contributed by atoms with Crippen molar-refractivity contribution in [1.29, 1.82) is 0 Å². The maximum absolute atomic E-state index is 13.0. The highest BCUT2D eigenvalue weighted by Crippen LogP contribution is 2.23. The molecule has 2 aromatic rings. The predicted molar refractivity (Wildman–Crippen MR) is 110 cm³/mol. The maximum Gasteiger partial charge on any atom is 0.265 e. The molecule has 1 aliphatic heterocycles. The molecule has 9 heteroatoms. The molecule has 30 heavy (non-hydrogen) atoms. The fourth-order valence-corrected chi connectivity index (χ4v) is 4.79. The number of hydrogen-bond donors (Lipinski definition) is 1. The van der Waals surface area contributed by atoms with E-state index in [9.17, 15) is 17.6 Å². The van der Waals surface area contributed by atoms with Crippen LogP contribution in [-0.4, -0.2) is 50.0 Å². The molecule has 1 aliphatic rings. The van der Waals surface area contributed by atoms with Gasteiger partial charge in [0.1, 0.15) is 11.6 Å². The molecule has 0 unspecified atom stereocenters. The Morgan fingerprint density at radius 2 is 1.67 bits per heavy atom. The third-order valence-corrected chi connectivity index (χ3v) is 6.49. The summed E-state index contributed by atoms with van der Waals surface area (Å²) in [6.45, 7) is 5.84. The van der Waals surface area contributed by atoms with Gasteiger partial charge in [0.15, 0.2) is 6.10 Å². The molecule has 0 aliphatic carbocycles. The standard InChI is InChI=1S/C21H25FN2O5S/c1-14-12-24(13-15(2)28-14)30(26,27)20-10-6-18(7-11-20)23-21(25)16(3)29-19-8-4-17(22)5-9-19/h4-11,14-16H,12-13H2,1-3H3,(H,23,25)/t14-,15+,16-/m1/s1. The zero-order valence-electron chi connectivity index (χ0n) is 17.0. The van der Waals surface area contributed by atoms with E-state index in [0.717, 1.165) is 0 Å². The van der Waals surface area contributed by atoms with Crippen LogP contribution in [0.3, 0.4) is 0 Å². The summed E-state index contributed by atoms with van der Waals surface area (Å²) in [5.74, 6) is -0.435. The fraction of sp³-hybridized carbons (Fsp3) is 0.381. The molecule has 162 valence electrons. The van der Waals surface area contributed by atoms with Crippen LogP contribution in [0, 0.1) is 5.82 Å². The van der Waals surface area contributed by atoms with Crippen molar-refractivity contribution in [3.63, 3.8) is 0 Å². The highest BCUT2D eigenvalue weighted by atomic mass is 32.2. The molecule has 1 amide bonds. The van der Waals surface area contributed by atoms with Gasteiger partial charge in [-0.25, -0.2) is 12.8 Å². The molecule has 3 rings (SSSR count). The van der Waals surface area contributed by atoms with Crippen LogP contribution < -0.4 is 10.1 Å². The second-order valence-electron chi connectivity index (χ2n) is 7.31. The summed E-state index contributed by atoms with van der Waals surface area (Å²) < 4.78 is 51.2. The van der Waals surface area contributed by atoms with Gasteiger partial charge in [-0.2, -0.15) is 4.31 Å². The summed E-state index contributed by atoms with van der Waals surface area (Å²) in [5, 5.41) is 2.68. The van der Waals surface area contributed by atoms with Gasteiger partial charge in [0, 0.05) is 18.8 Å². The number of benzene rings is 2. The molecular weight excluding hydrogens is 411 g/mol. The van der Waals surface area contributed by atoms with E-state index >= 15 is 0 Å². The van der Waals surface area contributed by atoms with Crippen LogP contribution in [0.2, 0.25) is 0 Å². The molecular formula is C21H25FN2O5S. The van der Waals surface area contributed by atoms with Crippen LogP contribution in [0.5, 0.6) is 5.75 Å². The van der Waals surface area contributed by atoms with Crippen molar-refractivity contribution in [3.8, 4) is 5.75 Å². The summed E-state index contributed by atoms with van der Waals surface area (Å²) in [4.78, 5) is 12.5. The number of nitrogens with one attached hydrogen (secondary N) is 1. The number of sulfonamides is 1. The average molecular weight is 437 g/mol. The number of ether oxygens (including phenoxy) is 2. The number of morpholine rings is 1. The molecule has 0 saturated carbocycles. The molecule has 1 N–H and O–H groups in total. The Hall–Kier alpha value is -2.49. The fourth-order valence-electron chi connectivity index (χ4n) is 3.20. The molecule has 1 heterocycles. The first kappa shape index (κ1) is 22.2. The van der Waals surface area contributed by atoms with Crippen LogP contribution in [0.4, 0.5) is 10.1 Å². The van der Waals surface area contributed by atoms with Crippen LogP contribution in [-0.2, 0) is 19.6 Å². The minimum absolute atomic E-state index is 0.150. The second-order valence-corrected chi connectivity index (χ2v) is 9.24. The summed E-state index contributed by atoms with van der Waals surface area (Å²) in [6.07, 6.45) is -1.18. The summed E-state index contributed by atoms with van der Waals surface area (Å²) in [6, 6.07) is 11.3. The van der Waals surface area contributed by atoms with E-state index < -0.39 is 27.9 Å². The minimum Gasteiger partial charge on any atom is -0.481 e. The summed E-state index contributed by atoms with van der Waals surface area (Å²) in [7, 11) is -3.65. The van der Waals surface area contributed by atoms with Gasteiger partial charge in [0.2, 0.25) is 10.0 Å². The smallest absolute Gasteiger partial charge is 0.265 e. The maximum atomic E-state index is 13.0. The Kier molecular flexibility index (Phi) is 6.74. The number of carbonyl (C=O) groups is 1. The molecule has 0 aromatic heterocycles. The largest absolute Gasteiger partial charge is 0.481 e. The van der Waals surface area contributed by atoms with Gasteiger partial charge >= 0.3 is 0 Å². The monoisotopic (exact) mass is 436 g/mol. The first-order chi connectivity index (χ1) is 14.1. The van der Waals surface area contributed by atoms with Gasteiger partial charge in [0.25, 0.3) is 5.91 Å². The van der Waals surface area contributed by atoms with Crippen molar-refractivity contribution in [2.45, 2.75) is 44.0 Å². The number of carbonyl (C=O) groups excluding carboxylic acids is 1. The van der Waals surface area contributed by atoms with Crippen molar-refractivity contribution < 1.29 is 27.1 Å². The third-order valence-electron chi connectivity index (χ3n) is 4.64. The van der Waals surface area contributed by atoms with E-state index in [0.29, 0.717) is 24.5 Å². The lowest BCUT2D eigenvalue weighted by Gasteiger charge is -2.34. The zero-order chi connectivity index (χ0) is 21.9. The molecule has 0 spiro atoms. The van der Waals surface area contributed by atoms with E-state index in [1.807, 2.05) is 13.8 Å². The lowest BCUT2D eigenvalue weighted by atomic mass is 10.3. The Labute approximate surface area is 175 Å². The summed E-state index contributed by atoms with van der Waals surface area (Å²) in [5.41, 5.74) is 0.442. The Balaban J connectivity index is 1.63. The first-order valence-electron chi connectivity index (χ1n) is 9.64. The second kappa shape index (κ2) is 9.11. The van der Waals surface area contributed by atoms with Gasteiger partial charge in [-0.3, -0.25) is 4.79 Å². The van der Waals surface area contributed by atoms with E-state index in [-0.39, 0.29) is 17.1 Å². The molecule has 0 radical (unpaired) electrons. The van der Waals surface area contributed by atoms with Crippen LogP contribution in [0.25, 0.3) is 0 Å². The van der Waals surface area contributed by atoms with Gasteiger partial charge < -0.3 is 14.8 Å². The number of amides is 1. The molecule has 3 atom stereocenters. The van der Waals surface area contributed by atoms with Crippen molar-refractivity contribution in [2.24, 2.45) is 0 Å². The lowest BCUT2D eigenvalue weighted by Crippen LogP contribution is -2.48. The number of nitrogens with zero attached hydrogens (tertiary/aromatic N) is 1. The SMILES string of the molecule is C[C@@H]1CN(S(=O)(=O)c2ccc(NC(=O)[C@@H](C)Oc3ccc(F)cc3)cc2)C[C@H](C)O1. The van der Waals surface area contributed by atoms with Crippen LogP contribution >= 0.6 is 0 Å². The number of rotatable bonds is 6. The molecule has 1 fully saturated rings. The normalized spacial score (nSPS) is 21.1. The van der Waals surface area contributed by atoms with Crippen molar-refractivity contribution in [3.05, 3.63) is 54.3 Å². The number of hydrogen-bond acceptors (Lipinski definition) is 5. The average Bonchev–Trinajstić information content (AvgIpc) is 2.69. The number of anilines is 1. The molecule has 0 bridgehead atoms. The number of halogens is 1. The molecule has 7 nitrogen and oxygen atoms in total. The molecule has 2 aromatic carbocycles. The van der Waals surface area contributed by atoms with Crippen LogP contribution in [0.1, 0.15) is 20.8 Å². The van der Waals surface area contributed by atoms with Gasteiger partial charge in [-0.15, -0.1) is 0 Å². The van der Waals surface area contributed by atoms with Crippen LogP contribution in [0.15, 0.2) is 53.4 Å². The Bertz CT molecular complexity index is 969. The Morgan fingerprint density at radius 3 is 2.23 bits per heavy atom. The van der Waals surface area contributed by atoms with Gasteiger partial charge in [-0.1, -0.05) is 0 Å². The summed E-state index contributed by atoms with van der Waals surface area (Å²) >= 11 is 0. The quantitative estimate of drug-likeness (QED) is 0.753. The van der Waals surface area contributed by atoms with Crippen molar-refractivity contribution >= 4 is 21.6 Å². The molecule has 1 saturated heterocycles. The van der Waals surface area contributed by atoms with E-state index in [1.54, 1.807) is 6.92 Å². The Morgan fingerprint density at radius 1 is 1.10 bits per heavy atom. The first-order valence-corrected chi connectivity index (χ1v) is 11.1. The van der Waals surface area contributed by atoms with Crippen molar-refractivity contribution in [1.82, 2.24) is 4.31 Å². The topological polar surface area (TPSA) is 84.9 Å². The van der Waals surface area contributed by atoms with Gasteiger partial charge in [-0.05, 0) is 69.3 Å². The van der Waals surface area contributed by atoms with Crippen molar-refractivity contribution in [2.75, 3.05) is 18.4 Å². The van der Waals surface area contributed by atoms with E-state index in [2.05, 4.69) is 5.32 Å². The third kappa shape index (κ3) is 5.35. The lowest BCUT2D eigenvalue weighted by molar-refractivity contribution is -0.122. The highest BCUT2D eigenvalue weighted by molar-refractivity contribution is 7.89. The predicted octanol–water partition coefficient (Wildman–Crippen LogP) is 3.03. The zero-order valence-corrected chi connectivity index (χ0v) is 17.9. The van der Waals surface area contributed by atoms with E-state index in [1.165, 1.54) is 52.8 Å². The van der Waals surface area contributed by atoms with Gasteiger partial charge in [0.05, 0.1) is 17.1 Å². The minimum atomic E-state index is -3.65. The highest BCUT2D eigenvalue weighted by Gasteiger charge is 2.32. The van der Waals surface area contributed by atoms with E-state index in [4.69, 9.17) is 9.47 Å².